The summed E-state index contributed by atoms with van der Waals surface area (Å²) >= 11 is 0. The van der Waals surface area contributed by atoms with Crippen LogP contribution in [-0.2, 0) is 6.42 Å². The minimum Gasteiger partial charge on any atom is -0.416 e. The van der Waals surface area contributed by atoms with E-state index in [1.807, 2.05) is 37.3 Å². The minimum absolute atomic E-state index is 0.202. The summed E-state index contributed by atoms with van der Waals surface area (Å²) in [6.45, 7) is 5.72. The molecule has 0 bridgehead atoms. The van der Waals surface area contributed by atoms with Gasteiger partial charge in [0.2, 0.25) is 5.91 Å². The first-order chi connectivity index (χ1) is 10.7. The van der Waals surface area contributed by atoms with E-state index in [1.54, 1.807) is 6.08 Å². The lowest BCUT2D eigenvalue weighted by atomic mass is 9.98. The number of hydrogen-bond donors (Lipinski definition) is 0. The van der Waals surface area contributed by atoms with Gasteiger partial charge in [-0.3, -0.25) is 4.79 Å². The fourth-order valence-electron chi connectivity index (χ4n) is 2.57. The first-order valence-corrected chi connectivity index (χ1v) is 7.55. The van der Waals surface area contributed by atoms with Gasteiger partial charge in [-0.05, 0) is 18.4 Å². The van der Waals surface area contributed by atoms with E-state index >= 15 is 0 Å². The van der Waals surface area contributed by atoms with E-state index in [9.17, 15) is 9.59 Å². The van der Waals surface area contributed by atoms with Crippen LogP contribution in [0.1, 0.15) is 42.2 Å². The zero-order valence-corrected chi connectivity index (χ0v) is 12.8. The Hall–Kier alpha value is -2.36. The lowest BCUT2D eigenvalue weighted by molar-refractivity contribution is 0.0815. The summed E-state index contributed by atoms with van der Waals surface area (Å²) in [5.41, 5.74) is 1.62. The second-order valence-electron chi connectivity index (χ2n) is 5.34. The Balaban J connectivity index is 2.30. The Morgan fingerprint density at radius 1 is 1.36 bits per heavy atom. The molecule has 0 saturated carbocycles. The van der Waals surface area contributed by atoms with Crippen molar-refractivity contribution in [3.05, 3.63) is 71.1 Å². The molecule has 1 heterocycles. The first-order valence-electron chi connectivity index (χ1n) is 7.55. The quantitative estimate of drug-likeness (QED) is 0.733. The van der Waals surface area contributed by atoms with Crippen LogP contribution in [0.25, 0.3) is 0 Å². The number of hydrogen-bond acceptors (Lipinski definition) is 3. The van der Waals surface area contributed by atoms with E-state index in [-0.39, 0.29) is 11.8 Å². The van der Waals surface area contributed by atoms with Gasteiger partial charge in [-0.2, -0.15) is 0 Å². The van der Waals surface area contributed by atoms with Gasteiger partial charge in [-0.1, -0.05) is 49.8 Å². The lowest BCUT2D eigenvalue weighted by Crippen LogP contribution is -2.30. The maximum atomic E-state index is 12.7. The average Bonchev–Trinajstić information content (AvgIpc) is 2.88. The molecule has 22 heavy (non-hydrogen) atoms. The van der Waals surface area contributed by atoms with Crippen LogP contribution >= 0.6 is 0 Å². The second-order valence-corrected chi connectivity index (χ2v) is 5.34. The van der Waals surface area contributed by atoms with Crippen molar-refractivity contribution in [1.29, 1.82) is 0 Å². The molecule has 0 aliphatic carbocycles. The minimum atomic E-state index is -0.610. The van der Waals surface area contributed by atoms with Crippen molar-refractivity contribution in [2.75, 3.05) is 0 Å². The van der Waals surface area contributed by atoms with Gasteiger partial charge < -0.3 is 4.42 Å². The average molecular weight is 299 g/mol. The maximum absolute atomic E-state index is 12.7. The van der Waals surface area contributed by atoms with E-state index in [4.69, 9.17) is 4.42 Å². The summed E-state index contributed by atoms with van der Waals surface area (Å²) in [6.07, 6.45) is 5.77. The third-order valence-corrected chi connectivity index (χ3v) is 3.65. The number of benzene rings is 1. The van der Waals surface area contributed by atoms with Crippen LogP contribution in [0.4, 0.5) is 0 Å². The number of allylic oxidation sites excluding steroid dienone is 1. The molecule has 4 heteroatoms. The molecule has 0 amide bonds. The highest BCUT2D eigenvalue weighted by Crippen LogP contribution is 2.16. The molecular weight excluding hydrogens is 278 g/mol. The van der Waals surface area contributed by atoms with E-state index < -0.39 is 5.76 Å². The normalized spacial score (nSPS) is 12.0. The van der Waals surface area contributed by atoms with Gasteiger partial charge in [0.15, 0.2) is 0 Å². The highest BCUT2D eigenvalue weighted by atomic mass is 16.4. The summed E-state index contributed by atoms with van der Waals surface area (Å²) in [4.78, 5) is 24.6. The Labute approximate surface area is 130 Å². The molecule has 0 aliphatic heterocycles. The molecule has 1 atom stereocenters. The monoisotopic (exact) mass is 299 g/mol. The largest absolute Gasteiger partial charge is 0.426 e. The van der Waals surface area contributed by atoms with Crippen LogP contribution in [0.2, 0.25) is 0 Å². The highest BCUT2D eigenvalue weighted by Gasteiger charge is 2.23. The van der Waals surface area contributed by atoms with E-state index in [2.05, 4.69) is 6.58 Å². The third kappa shape index (κ3) is 3.64. The van der Waals surface area contributed by atoms with Crippen molar-refractivity contribution in [1.82, 2.24) is 4.57 Å². The summed E-state index contributed by atoms with van der Waals surface area (Å²) < 4.78 is 6.13. The van der Waals surface area contributed by atoms with Gasteiger partial charge in [0.25, 0.3) is 0 Å². The summed E-state index contributed by atoms with van der Waals surface area (Å²) in [5, 5.41) is 0. The SMILES string of the molecule is C=CC[C@@H](CCC)C(=O)n1c(Cc2ccccc2)coc1=O. The molecule has 0 N–H and O–H groups in total. The van der Waals surface area contributed by atoms with Crippen molar-refractivity contribution < 1.29 is 9.21 Å². The molecule has 4 nitrogen and oxygen atoms in total. The maximum Gasteiger partial charge on any atom is 0.426 e. The Bertz CT molecular complexity index is 682. The molecule has 2 rings (SSSR count). The van der Waals surface area contributed by atoms with Gasteiger partial charge >= 0.3 is 5.76 Å². The van der Waals surface area contributed by atoms with Gasteiger partial charge in [-0.25, -0.2) is 9.36 Å². The summed E-state index contributed by atoms with van der Waals surface area (Å²) in [6, 6.07) is 9.70. The topological polar surface area (TPSA) is 52.2 Å². The zero-order valence-electron chi connectivity index (χ0n) is 12.8. The van der Waals surface area contributed by atoms with Crippen LogP contribution in [0.3, 0.4) is 0 Å². The van der Waals surface area contributed by atoms with Gasteiger partial charge in [0, 0.05) is 12.3 Å². The Morgan fingerprint density at radius 2 is 2.09 bits per heavy atom. The molecule has 2 aromatic rings. The molecule has 1 aromatic heterocycles. The Morgan fingerprint density at radius 3 is 2.73 bits per heavy atom. The van der Waals surface area contributed by atoms with Crippen LogP contribution < -0.4 is 5.76 Å². The van der Waals surface area contributed by atoms with Crippen molar-refractivity contribution >= 4 is 5.91 Å². The van der Waals surface area contributed by atoms with Crippen molar-refractivity contribution in [3.63, 3.8) is 0 Å². The molecule has 1 aromatic carbocycles. The van der Waals surface area contributed by atoms with Crippen LogP contribution in [-0.4, -0.2) is 10.5 Å². The predicted octanol–water partition coefficient (Wildman–Crippen LogP) is 3.66. The van der Waals surface area contributed by atoms with Gasteiger partial charge in [0.05, 0.1) is 5.69 Å². The van der Waals surface area contributed by atoms with Crippen LogP contribution in [0.5, 0.6) is 0 Å². The highest BCUT2D eigenvalue weighted by molar-refractivity contribution is 5.82. The molecule has 0 spiro atoms. The second kappa shape index (κ2) is 7.59. The molecule has 116 valence electrons. The van der Waals surface area contributed by atoms with Crippen molar-refractivity contribution in [2.24, 2.45) is 5.92 Å². The van der Waals surface area contributed by atoms with Crippen molar-refractivity contribution in [2.45, 2.75) is 32.6 Å². The molecule has 0 unspecified atom stereocenters. The number of aromatic nitrogens is 1. The zero-order chi connectivity index (χ0) is 15.9. The summed E-state index contributed by atoms with van der Waals surface area (Å²) in [5.74, 6) is -1.04. The van der Waals surface area contributed by atoms with Crippen LogP contribution in [0.15, 0.2) is 58.5 Å². The van der Waals surface area contributed by atoms with E-state index in [0.29, 0.717) is 18.5 Å². The number of rotatable bonds is 7. The molecule has 0 aliphatic rings. The van der Waals surface area contributed by atoms with Gasteiger partial charge in [-0.15, -0.1) is 6.58 Å². The predicted molar refractivity (Wildman–Crippen MR) is 86.1 cm³/mol. The first kappa shape index (κ1) is 16.0. The van der Waals surface area contributed by atoms with Crippen molar-refractivity contribution in [3.8, 4) is 0 Å². The van der Waals surface area contributed by atoms with Crippen LogP contribution in [0, 0.1) is 5.92 Å². The number of carbonyl (C=O) groups is 1. The molecule has 0 radical (unpaired) electrons. The standard InChI is InChI=1S/C18H21NO3/c1-3-8-15(9-4-2)17(20)19-16(13-22-18(19)21)12-14-10-6-5-7-11-14/h3,5-7,10-11,13,15H,1,4,8-9,12H2,2H3/t15-/m0/s1. The molecule has 0 saturated heterocycles. The van der Waals surface area contributed by atoms with E-state index in [1.165, 1.54) is 10.8 Å². The third-order valence-electron chi connectivity index (χ3n) is 3.65. The fraction of sp³-hybridized carbons (Fsp3) is 0.333. The number of nitrogens with zero attached hydrogens (tertiary/aromatic N) is 1. The number of oxazole rings is 1. The fourth-order valence-corrected chi connectivity index (χ4v) is 2.57. The van der Waals surface area contributed by atoms with E-state index in [0.717, 1.165) is 18.4 Å². The lowest BCUT2D eigenvalue weighted by Gasteiger charge is -2.14. The number of carbonyl (C=O) groups excluding carboxylic acids is 1. The molecule has 0 fully saturated rings. The smallest absolute Gasteiger partial charge is 0.416 e. The van der Waals surface area contributed by atoms with Gasteiger partial charge in [0.1, 0.15) is 6.26 Å². The Kier molecular flexibility index (Phi) is 5.53. The molecular formula is C18H21NO3. The summed E-state index contributed by atoms with van der Waals surface area (Å²) in [7, 11) is 0.